The first kappa shape index (κ1) is 20.4. The van der Waals surface area contributed by atoms with Gasteiger partial charge in [0.1, 0.15) is 0 Å². The summed E-state index contributed by atoms with van der Waals surface area (Å²) in [5.41, 5.74) is 2.98. The fourth-order valence-electron chi connectivity index (χ4n) is 4.06. The number of hydrogen-bond donors (Lipinski definition) is 0. The second kappa shape index (κ2) is 8.19. The topological polar surface area (TPSA) is 89.3 Å². The predicted molar refractivity (Wildman–Crippen MR) is 123 cm³/mol. The smallest absolute Gasteiger partial charge is 0.254 e. The molecule has 164 valence electrons. The molecule has 0 spiro atoms. The van der Waals surface area contributed by atoms with Crippen molar-refractivity contribution < 1.29 is 9.53 Å². The van der Waals surface area contributed by atoms with Crippen LogP contribution < -0.4 is 9.64 Å². The highest BCUT2D eigenvalue weighted by Gasteiger charge is 2.27. The Hall–Kier alpha value is -3.53. The number of nitrogens with zero attached hydrogens (tertiary/aromatic N) is 7. The van der Waals surface area contributed by atoms with Crippen molar-refractivity contribution in [2.75, 3.05) is 38.2 Å². The van der Waals surface area contributed by atoms with Crippen molar-refractivity contribution in [2.24, 2.45) is 7.05 Å². The van der Waals surface area contributed by atoms with Crippen molar-refractivity contribution in [3.8, 4) is 16.5 Å². The van der Waals surface area contributed by atoms with Crippen LogP contribution in [0.15, 0.2) is 36.0 Å². The lowest BCUT2D eigenvalue weighted by molar-refractivity contribution is 0.0748. The summed E-state index contributed by atoms with van der Waals surface area (Å²) in [5, 5.41) is 7.35. The van der Waals surface area contributed by atoms with E-state index in [2.05, 4.69) is 20.0 Å². The molecule has 0 saturated carbocycles. The molecular formula is C22H23N7O2S. The zero-order valence-electron chi connectivity index (χ0n) is 18.1. The maximum Gasteiger partial charge on any atom is 0.254 e. The van der Waals surface area contributed by atoms with Crippen LogP contribution in [0.3, 0.4) is 0 Å². The van der Waals surface area contributed by atoms with Gasteiger partial charge in [-0.15, -0.1) is 11.3 Å². The van der Waals surface area contributed by atoms with Gasteiger partial charge < -0.3 is 14.5 Å². The normalized spacial score (nSPS) is 14.2. The molecule has 32 heavy (non-hydrogen) atoms. The van der Waals surface area contributed by atoms with Crippen LogP contribution in [-0.4, -0.2) is 68.8 Å². The first-order valence-electron chi connectivity index (χ1n) is 10.3. The van der Waals surface area contributed by atoms with Gasteiger partial charge in [-0.2, -0.15) is 10.1 Å². The van der Waals surface area contributed by atoms with Crippen LogP contribution in [0.25, 0.3) is 21.6 Å². The second-order valence-corrected chi connectivity index (χ2v) is 8.59. The number of piperazine rings is 1. The number of carbonyl (C=O) groups excluding carboxylic acids is 1. The fourth-order valence-corrected chi connectivity index (χ4v) is 4.75. The number of anilines is 1. The lowest BCUT2D eigenvalue weighted by Gasteiger charge is -2.35. The van der Waals surface area contributed by atoms with E-state index in [-0.39, 0.29) is 5.91 Å². The molecule has 1 aliphatic rings. The maximum atomic E-state index is 13.6. The molecule has 0 N–H and O–H groups in total. The Kier molecular flexibility index (Phi) is 5.22. The largest absolute Gasteiger partial charge is 0.480 e. The molecule has 0 aromatic carbocycles. The third-order valence-corrected chi connectivity index (χ3v) is 6.56. The molecule has 1 saturated heterocycles. The van der Waals surface area contributed by atoms with E-state index in [0.717, 1.165) is 33.1 Å². The van der Waals surface area contributed by atoms with E-state index in [9.17, 15) is 4.79 Å². The third-order valence-electron chi connectivity index (χ3n) is 5.67. The number of fused-ring (bicyclic) bond motifs is 1. The summed E-state index contributed by atoms with van der Waals surface area (Å²) in [6, 6.07) is 5.91. The number of pyridine rings is 1. The van der Waals surface area contributed by atoms with Crippen LogP contribution in [0.4, 0.5) is 5.82 Å². The predicted octanol–water partition coefficient (Wildman–Crippen LogP) is 2.77. The Morgan fingerprint density at radius 1 is 1.16 bits per heavy atom. The minimum Gasteiger partial charge on any atom is -0.480 e. The van der Waals surface area contributed by atoms with Crippen LogP contribution in [0.2, 0.25) is 0 Å². The van der Waals surface area contributed by atoms with Gasteiger partial charge in [0, 0.05) is 33.2 Å². The van der Waals surface area contributed by atoms with Crippen molar-refractivity contribution >= 4 is 34.1 Å². The van der Waals surface area contributed by atoms with E-state index in [0.29, 0.717) is 37.6 Å². The van der Waals surface area contributed by atoms with Gasteiger partial charge in [-0.05, 0) is 24.4 Å². The molecule has 1 aliphatic heterocycles. The number of hydrogen-bond acceptors (Lipinski definition) is 8. The maximum absolute atomic E-state index is 13.6. The molecule has 4 aromatic rings. The van der Waals surface area contributed by atoms with Gasteiger partial charge >= 0.3 is 0 Å². The van der Waals surface area contributed by atoms with Gasteiger partial charge in [-0.25, -0.2) is 4.98 Å². The Balaban J connectivity index is 1.44. The van der Waals surface area contributed by atoms with Crippen LogP contribution in [0.1, 0.15) is 16.1 Å². The Labute approximate surface area is 189 Å². The van der Waals surface area contributed by atoms with Crippen molar-refractivity contribution in [3.63, 3.8) is 0 Å². The van der Waals surface area contributed by atoms with Gasteiger partial charge in [0.25, 0.3) is 5.91 Å². The summed E-state index contributed by atoms with van der Waals surface area (Å²) in [5.74, 6) is 1.24. The molecule has 0 bridgehead atoms. The molecule has 4 aromatic heterocycles. The number of methoxy groups -OCH3 is 1. The Bertz CT molecular complexity index is 1280. The first-order chi connectivity index (χ1) is 15.5. The average Bonchev–Trinajstić information content (AvgIpc) is 3.47. The van der Waals surface area contributed by atoms with Gasteiger partial charge in [0.15, 0.2) is 11.5 Å². The third kappa shape index (κ3) is 3.56. The minimum atomic E-state index is 0.00248. The number of ether oxygens (including phenoxy) is 1. The standard InChI is InChI=1S/C22H23N7O2S/c1-14-20-15(11-16(17-5-4-10-32-17)24-21(20)27(2)26-14)22(30)29-8-6-28(7-9-29)18-12-23-13-19(25-18)31-3/h4-5,10-13H,6-9H2,1-3H3. The highest BCUT2D eigenvalue weighted by Crippen LogP contribution is 2.30. The van der Waals surface area contributed by atoms with E-state index in [1.54, 1.807) is 35.5 Å². The summed E-state index contributed by atoms with van der Waals surface area (Å²) >= 11 is 1.61. The fraction of sp³-hybridized carbons (Fsp3) is 0.318. The number of rotatable bonds is 4. The highest BCUT2D eigenvalue weighted by atomic mass is 32.1. The summed E-state index contributed by atoms with van der Waals surface area (Å²) < 4.78 is 6.93. The van der Waals surface area contributed by atoms with E-state index >= 15 is 0 Å². The molecule has 9 nitrogen and oxygen atoms in total. The molecular weight excluding hydrogens is 426 g/mol. The molecule has 5 heterocycles. The number of aryl methyl sites for hydroxylation is 2. The molecule has 0 unspecified atom stereocenters. The van der Waals surface area contributed by atoms with Crippen LogP contribution >= 0.6 is 11.3 Å². The monoisotopic (exact) mass is 449 g/mol. The van der Waals surface area contributed by atoms with E-state index < -0.39 is 0 Å². The Morgan fingerprint density at radius 3 is 2.69 bits per heavy atom. The van der Waals surface area contributed by atoms with Crippen molar-refractivity contribution in [3.05, 3.63) is 47.2 Å². The molecule has 10 heteroatoms. The van der Waals surface area contributed by atoms with E-state index in [4.69, 9.17) is 9.72 Å². The van der Waals surface area contributed by atoms with Crippen LogP contribution in [-0.2, 0) is 7.05 Å². The zero-order chi connectivity index (χ0) is 22.2. The zero-order valence-corrected chi connectivity index (χ0v) is 19.0. The number of thiophene rings is 1. The molecule has 1 fully saturated rings. The van der Waals surface area contributed by atoms with Gasteiger partial charge in [0.2, 0.25) is 5.88 Å². The van der Waals surface area contributed by atoms with Crippen molar-refractivity contribution in [1.82, 2.24) is 29.6 Å². The van der Waals surface area contributed by atoms with Crippen LogP contribution in [0, 0.1) is 6.92 Å². The van der Waals surface area contributed by atoms with E-state index in [1.807, 2.05) is 42.5 Å². The van der Waals surface area contributed by atoms with Gasteiger partial charge in [-0.1, -0.05) is 6.07 Å². The average molecular weight is 450 g/mol. The van der Waals surface area contributed by atoms with Crippen molar-refractivity contribution in [1.29, 1.82) is 0 Å². The molecule has 0 radical (unpaired) electrons. The minimum absolute atomic E-state index is 0.00248. The molecule has 1 amide bonds. The lowest BCUT2D eigenvalue weighted by Crippen LogP contribution is -2.49. The summed E-state index contributed by atoms with van der Waals surface area (Å²) in [7, 11) is 3.44. The second-order valence-electron chi connectivity index (χ2n) is 7.64. The van der Waals surface area contributed by atoms with Gasteiger partial charge in [-0.3, -0.25) is 14.5 Å². The highest BCUT2D eigenvalue weighted by molar-refractivity contribution is 7.13. The summed E-state index contributed by atoms with van der Waals surface area (Å²) in [6.45, 7) is 4.45. The Morgan fingerprint density at radius 2 is 1.97 bits per heavy atom. The summed E-state index contributed by atoms with van der Waals surface area (Å²) in [6.07, 6.45) is 3.30. The lowest BCUT2D eigenvalue weighted by atomic mass is 10.1. The molecule has 5 rings (SSSR count). The summed E-state index contributed by atoms with van der Waals surface area (Å²) in [4.78, 5) is 32.1. The van der Waals surface area contributed by atoms with Crippen molar-refractivity contribution in [2.45, 2.75) is 6.92 Å². The number of amides is 1. The van der Waals surface area contributed by atoms with Crippen LogP contribution in [0.5, 0.6) is 5.88 Å². The van der Waals surface area contributed by atoms with Gasteiger partial charge in [0.05, 0.1) is 46.7 Å². The molecule has 0 atom stereocenters. The SMILES string of the molecule is COc1cncc(N2CCN(C(=O)c3cc(-c4cccs4)nc4c3c(C)nn4C)CC2)n1. The van der Waals surface area contributed by atoms with E-state index in [1.165, 1.54) is 0 Å². The molecule has 0 aliphatic carbocycles. The quantitative estimate of drug-likeness (QED) is 0.473. The number of carbonyl (C=O) groups is 1. The first-order valence-corrected chi connectivity index (χ1v) is 11.2. The number of aromatic nitrogens is 5.